The molecule has 0 radical (unpaired) electrons. The van der Waals surface area contributed by atoms with Crippen molar-refractivity contribution in [1.29, 1.82) is 0 Å². The maximum atomic E-state index is 12.7. The van der Waals surface area contributed by atoms with Gasteiger partial charge in [-0.3, -0.25) is 19.6 Å². The first-order valence-electron chi connectivity index (χ1n) is 16.6. The number of carbonyl (C=O) groups excluding carboxylic acids is 2. The smallest absolute Gasteiger partial charge is 0.144 e. The first-order chi connectivity index (χ1) is 22.6. The van der Waals surface area contributed by atoms with Crippen molar-refractivity contribution in [2.75, 3.05) is 36.0 Å². The predicted molar refractivity (Wildman–Crippen MR) is 175 cm³/mol. The van der Waals surface area contributed by atoms with Crippen molar-refractivity contribution >= 4 is 22.9 Å². The van der Waals surface area contributed by atoms with Crippen LogP contribution in [0.3, 0.4) is 0 Å². The number of nitrogens with zero attached hydrogens (tertiary/aromatic N) is 8. The highest BCUT2D eigenvalue weighted by molar-refractivity contribution is 5.83. The number of aromatic nitrogens is 6. The van der Waals surface area contributed by atoms with E-state index in [1.54, 1.807) is 0 Å². The zero-order chi connectivity index (χ0) is 31.3. The summed E-state index contributed by atoms with van der Waals surface area (Å²) in [5, 5.41) is 17.9. The van der Waals surface area contributed by atoms with Crippen molar-refractivity contribution < 1.29 is 9.59 Å². The highest BCUT2D eigenvalue weighted by Crippen LogP contribution is 2.39. The minimum Gasteiger partial charge on any atom is -0.370 e. The van der Waals surface area contributed by atoms with Gasteiger partial charge in [-0.15, -0.1) is 0 Å². The Hall–Kier alpha value is -4.60. The summed E-state index contributed by atoms with van der Waals surface area (Å²) in [6.07, 6.45) is 11.4. The van der Waals surface area contributed by atoms with Gasteiger partial charge in [0.25, 0.3) is 0 Å². The Morgan fingerprint density at radius 3 is 1.33 bits per heavy atom. The van der Waals surface area contributed by atoms with Gasteiger partial charge in [-0.25, -0.2) is 0 Å². The minimum absolute atomic E-state index is 0.0839. The molecule has 46 heavy (non-hydrogen) atoms. The summed E-state index contributed by atoms with van der Waals surface area (Å²) in [5.41, 5.74) is 7.13. The van der Waals surface area contributed by atoms with Crippen LogP contribution in [0.1, 0.15) is 84.5 Å². The lowest BCUT2D eigenvalue weighted by atomic mass is 9.78. The van der Waals surface area contributed by atoms with Crippen molar-refractivity contribution in [3.8, 4) is 0 Å². The molecule has 0 aromatic carbocycles. The third-order valence-electron chi connectivity index (χ3n) is 9.57. The zero-order valence-electron chi connectivity index (χ0n) is 26.2. The lowest BCUT2D eigenvalue weighted by Gasteiger charge is -2.32. The van der Waals surface area contributed by atoms with Crippen LogP contribution in [0.25, 0.3) is 0 Å². The first-order valence-corrected chi connectivity index (χ1v) is 16.6. The van der Waals surface area contributed by atoms with Crippen LogP contribution in [0.5, 0.6) is 0 Å². The number of Topliss-reactive ketones (excluding diaryl/α,β-unsaturated/α-hetero) is 2. The van der Waals surface area contributed by atoms with E-state index in [4.69, 9.17) is 0 Å². The average molecular weight is 617 g/mol. The van der Waals surface area contributed by atoms with E-state index >= 15 is 0 Å². The first kappa shape index (κ1) is 30.1. The van der Waals surface area contributed by atoms with Gasteiger partial charge in [0.15, 0.2) is 0 Å². The Bertz CT molecular complexity index is 1510. The Morgan fingerprint density at radius 1 is 0.543 bits per heavy atom. The van der Waals surface area contributed by atoms with Crippen molar-refractivity contribution in [3.63, 3.8) is 0 Å². The normalized spacial score (nSPS) is 19.3. The molecule has 0 N–H and O–H groups in total. The van der Waals surface area contributed by atoms with Gasteiger partial charge in [0.1, 0.15) is 11.6 Å². The molecule has 0 unspecified atom stereocenters. The Labute approximate surface area is 269 Å². The lowest BCUT2D eigenvalue weighted by molar-refractivity contribution is -0.118. The summed E-state index contributed by atoms with van der Waals surface area (Å²) in [6.45, 7) is 4.31. The third-order valence-corrected chi connectivity index (χ3v) is 9.57. The largest absolute Gasteiger partial charge is 0.370 e. The van der Waals surface area contributed by atoms with Crippen molar-refractivity contribution in [1.82, 2.24) is 30.4 Å². The fraction of sp³-hybridized carbons (Fsp3) is 0.444. The van der Waals surface area contributed by atoms with Crippen LogP contribution in [0.4, 0.5) is 11.4 Å². The number of rotatable bonds is 12. The molecule has 2 aliphatic heterocycles. The van der Waals surface area contributed by atoms with Crippen molar-refractivity contribution in [2.45, 2.75) is 76.0 Å². The second-order valence-corrected chi connectivity index (χ2v) is 12.9. The molecule has 0 spiro atoms. The van der Waals surface area contributed by atoms with Gasteiger partial charge in [0.05, 0.1) is 59.4 Å². The summed E-state index contributed by atoms with van der Waals surface area (Å²) in [6, 6.07) is 15.9. The second-order valence-electron chi connectivity index (χ2n) is 12.9. The maximum Gasteiger partial charge on any atom is 0.144 e. The van der Waals surface area contributed by atoms with Crippen molar-refractivity contribution in [3.05, 3.63) is 95.1 Å². The van der Waals surface area contributed by atoms with Gasteiger partial charge < -0.3 is 9.80 Å². The average Bonchev–Trinajstić information content (AvgIpc) is 3.02. The molecule has 4 aromatic rings. The third kappa shape index (κ3) is 7.27. The van der Waals surface area contributed by atoms with Gasteiger partial charge >= 0.3 is 0 Å². The van der Waals surface area contributed by atoms with Crippen LogP contribution in [-0.2, 0) is 35.3 Å². The van der Waals surface area contributed by atoms with E-state index in [0.29, 0.717) is 24.2 Å². The summed E-state index contributed by atoms with van der Waals surface area (Å²) < 4.78 is 0. The van der Waals surface area contributed by atoms with Gasteiger partial charge in [-0.1, -0.05) is 6.42 Å². The van der Waals surface area contributed by atoms with Crippen LogP contribution >= 0.6 is 0 Å². The van der Waals surface area contributed by atoms with E-state index < -0.39 is 0 Å². The van der Waals surface area contributed by atoms with Gasteiger partial charge in [-0.2, -0.15) is 20.4 Å². The second kappa shape index (κ2) is 13.8. The van der Waals surface area contributed by atoms with Crippen molar-refractivity contribution in [2.24, 2.45) is 0 Å². The van der Waals surface area contributed by atoms with E-state index in [2.05, 4.69) is 52.3 Å². The molecule has 6 heterocycles. The SMILES string of the molecule is O=C(Cc1ccc(N2CCC2)cn1)Cc1ccc([C@H]2CCC[C@H](c3ccc(CC(=O)Cc4ccc(N5CCC5)cn4)nn3)C2)nn1. The van der Waals surface area contributed by atoms with Gasteiger partial charge in [0.2, 0.25) is 0 Å². The van der Waals surface area contributed by atoms with Gasteiger partial charge in [-0.05, 0) is 80.6 Å². The molecule has 1 aliphatic carbocycles. The molecule has 236 valence electrons. The zero-order valence-corrected chi connectivity index (χ0v) is 26.2. The Kier molecular flexibility index (Phi) is 9.03. The van der Waals surface area contributed by atoms with Crippen LogP contribution in [0, 0.1) is 0 Å². The maximum absolute atomic E-state index is 12.7. The molecule has 0 bridgehead atoms. The van der Waals surface area contributed by atoms with E-state index in [1.165, 1.54) is 12.8 Å². The number of anilines is 2. The number of hydrogen-bond acceptors (Lipinski definition) is 10. The number of pyridine rings is 2. The number of hydrogen-bond donors (Lipinski definition) is 0. The van der Waals surface area contributed by atoms with Crippen LogP contribution in [0.2, 0.25) is 0 Å². The minimum atomic E-state index is 0.0839. The molecule has 3 aliphatic rings. The summed E-state index contributed by atoms with van der Waals surface area (Å²) in [5.74, 6) is 0.738. The highest BCUT2D eigenvalue weighted by atomic mass is 16.1. The molecule has 3 fully saturated rings. The number of carbonyl (C=O) groups is 2. The Balaban J connectivity index is 0.883. The van der Waals surface area contributed by atoms with E-state index in [0.717, 1.165) is 86.0 Å². The molecule has 2 atom stereocenters. The molecule has 2 saturated heterocycles. The predicted octanol–water partition coefficient (Wildman–Crippen LogP) is 4.63. The van der Waals surface area contributed by atoms with Crippen LogP contribution < -0.4 is 9.80 Å². The highest BCUT2D eigenvalue weighted by Gasteiger charge is 2.27. The van der Waals surface area contributed by atoms with Crippen LogP contribution in [-0.4, -0.2) is 68.1 Å². The van der Waals surface area contributed by atoms with E-state index in [9.17, 15) is 9.59 Å². The fourth-order valence-electron chi connectivity index (χ4n) is 6.59. The standard InChI is InChI=1S/C36H40N8O2/c45-33(19-27-6-10-31(23-37-27)43-14-2-15-43)21-29-8-12-35(41-39-29)25-4-1-5-26(18-25)36-13-9-30(40-42-36)22-34(46)20-28-7-11-32(24-38-28)44-16-3-17-44/h6-13,23-26H,1-5,14-22H2/t25-,26-/m0/s1. The lowest BCUT2D eigenvalue weighted by Crippen LogP contribution is -2.37. The monoisotopic (exact) mass is 616 g/mol. The molecular formula is C36H40N8O2. The van der Waals surface area contributed by atoms with Crippen LogP contribution in [0.15, 0.2) is 60.9 Å². The summed E-state index contributed by atoms with van der Waals surface area (Å²) in [4.78, 5) is 39.0. The topological polar surface area (TPSA) is 118 Å². The fourth-order valence-corrected chi connectivity index (χ4v) is 6.59. The van der Waals surface area contributed by atoms with E-state index in [1.807, 2.05) is 48.8 Å². The molecule has 10 heteroatoms. The molecule has 1 saturated carbocycles. The molecular weight excluding hydrogens is 576 g/mol. The quantitative estimate of drug-likeness (QED) is 0.223. The van der Waals surface area contributed by atoms with E-state index in [-0.39, 0.29) is 36.2 Å². The Morgan fingerprint density at radius 2 is 0.978 bits per heavy atom. The number of ketones is 2. The molecule has 10 nitrogen and oxygen atoms in total. The molecule has 0 amide bonds. The molecule has 4 aromatic heterocycles. The molecule has 7 rings (SSSR count). The summed E-state index contributed by atoms with van der Waals surface area (Å²) in [7, 11) is 0. The summed E-state index contributed by atoms with van der Waals surface area (Å²) >= 11 is 0. The van der Waals surface area contributed by atoms with Gasteiger partial charge in [0, 0.05) is 62.2 Å².